The summed E-state index contributed by atoms with van der Waals surface area (Å²) >= 11 is 6.03. The summed E-state index contributed by atoms with van der Waals surface area (Å²) in [5, 5.41) is 9.80. The van der Waals surface area contributed by atoms with Crippen LogP contribution >= 0.6 is 11.6 Å². The van der Waals surface area contributed by atoms with Crippen LogP contribution in [-0.2, 0) is 23.7 Å². The second-order valence-electron chi connectivity index (χ2n) is 7.86. The van der Waals surface area contributed by atoms with Crippen molar-refractivity contribution in [2.45, 2.75) is 44.7 Å². The van der Waals surface area contributed by atoms with Gasteiger partial charge in [0.2, 0.25) is 5.91 Å². The van der Waals surface area contributed by atoms with Crippen LogP contribution in [-0.4, -0.2) is 28.6 Å². The van der Waals surface area contributed by atoms with E-state index < -0.39 is 48.1 Å². The molecule has 5 nitrogen and oxygen atoms in total. The third-order valence-corrected chi connectivity index (χ3v) is 5.75. The van der Waals surface area contributed by atoms with Crippen LogP contribution in [0.5, 0.6) is 0 Å². The lowest BCUT2D eigenvalue weighted by Crippen LogP contribution is -2.33. The average Bonchev–Trinajstić information content (AvgIpc) is 2.89. The Morgan fingerprint density at radius 2 is 1.65 bits per heavy atom. The molecular formula is C22H19ClF6N2O3. The molecule has 1 N–H and O–H groups in total. The Morgan fingerprint density at radius 3 is 2.15 bits per heavy atom. The Balaban J connectivity index is 2.09. The summed E-state index contributed by atoms with van der Waals surface area (Å²) in [5.41, 5.74) is -2.74. The minimum atomic E-state index is -5.02. The summed E-state index contributed by atoms with van der Waals surface area (Å²) in [7, 11) is 0. The lowest BCUT2D eigenvalue weighted by Gasteiger charge is -2.32. The largest absolute Gasteiger partial charge is 0.465 e. The molecular weight excluding hydrogens is 490 g/mol. The lowest BCUT2D eigenvalue weighted by molar-refractivity contribution is -0.143. The normalized spacial score (nSPS) is 16.6. The van der Waals surface area contributed by atoms with E-state index in [2.05, 4.69) is 0 Å². The van der Waals surface area contributed by atoms with Crippen molar-refractivity contribution < 1.29 is 41.0 Å². The molecule has 12 heteroatoms. The molecule has 2 aromatic rings. The van der Waals surface area contributed by atoms with Crippen molar-refractivity contribution in [1.29, 1.82) is 0 Å². The number of fused-ring (bicyclic) bond motifs is 1. The fraction of sp³-hybridized carbons (Fsp3) is 0.364. The smallest absolute Gasteiger partial charge is 0.416 e. The molecule has 0 bridgehead atoms. The molecule has 0 saturated heterocycles. The number of alkyl halides is 6. The van der Waals surface area contributed by atoms with E-state index in [1.54, 1.807) is 0 Å². The van der Waals surface area contributed by atoms with E-state index in [0.29, 0.717) is 24.1 Å². The lowest BCUT2D eigenvalue weighted by atomic mass is 9.98. The molecule has 1 heterocycles. The van der Waals surface area contributed by atoms with Crippen molar-refractivity contribution in [1.82, 2.24) is 4.90 Å². The van der Waals surface area contributed by atoms with Gasteiger partial charge in [-0.3, -0.25) is 9.69 Å². The predicted octanol–water partition coefficient (Wildman–Crippen LogP) is 6.75. The average molecular weight is 509 g/mol. The molecule has 1 unspecified atom stereocenters. The number of carbonyl (C=O) groups excluding carboxylic acids is 1. The molecule has 2 amide bonds. The molecule has 34 heavy (non-hydrogen) atoms. The minimum Gasteiger partial charge on any atom is -0.465 e. The first-order valence-electron chi connectivity index (χ1n) is 10.0. The monoisotopic (exact) mass is 508 g/mol. The fourth-order valence-corrected chi connectivity index (χ4v) is 4.19. The van der Waals surface area contributed by atoms with Gasteiger partial charge in [-0.15, -0.1) is 0 Å². The van der Waals surface area contributed by atoms with E-state index in [0.717, 1.165) is 16.7 Å². The minimum absolute atomic E-state index is 0.0231. The van der Waals surface area contributed by atoms with Crippen molar-refractivity contribution in [2.75, 3.05) is 11.4 Å². The van der Waals surface area contributed by atoms with Gasteiger partial charge in [-0.05, 0) is 54.3 Å². The van der Waals surface area contributed by atoms with Crippen molar-refractivity contribution in [3.63, 3.8) is 0 Å². The summed E-state index contributed by atoms with van der Waals surface area (Å²) in [5.74, 6) is -0.597. The number of anilines is 1. The van der Waals surface area contributed by atoms with E-state index in [1.165, 1.54) is 18.2 Å². The first-order valence-corrected chi connectivity index (χ1v) is 10.4. The maximum atomic E-state index is 13.3. The molecule has 1 aliphatic rings. The van der Waals surface area contributed by atoms with Gasteiger partial charge in [-0.2, -0.15) is 26.3 Å². The van der Waals surface area contributed by atoms with Crippen LogP contribution < -0.4 is 4.90 Å². The number of benzene rings is 2. The van der Waals surface area contributed by atoms with Crippen LogP contribution in [0.1, 0.15) is 48.1 Å². The second-order valence-corrected chi connectivity index (χ2v) is 8.29. The summed E-state index contributed by atoms with van der Waals surface area (Å²) in [6.07, 6.45) is -10.8. The Hall–Kier alpha value is -2.95. The van der Waals surface area contributed by atoms with Gasteiger partial charge in [-0.25, -0.2) is 4.79 Å². The van der Waals surface area contributed by atoms with Gasteiger partial charge in [0.15, 0.2) is 0 Å². The summed E-state index contributed by atoms with van der Waals surface area (Å²) in [4.78, 5) is 26.5. The number of amides is 2. The van der Waals surface area contributed by atoms with Gasteiger partial charge in [0.1, 0.15) is 0 Å². The molecule has 0 aromatic heterocycles. The van der Waals surface area contributed by atoms with Gasteiger partial charge in [0.05, 0.1) is 22.9 Å². The molecule has 0 fully saturated rings. The van der Waals surface area contributed by atoms with E-state index in [1.807, 2.05) is 0 Å². The van der Waals surface area contributed by atoms with Gasteiger partial charge >= 0.3 is 18.4 Å². The van der Waals surface area contributed by atoms with Gasteiger partial charge < -0.3 is 10.0 Å². The number of carbonyl (C=O) groups is 2. The first kappa shape index (κ1) is 25.7. The number of rotatable bonds is 3. The van der Waals surface area contributed by atoms with Gasteiger partial charge in [0.25, 0.3) is 0 Å². The molecule has 1 atom stereocenters. The Labute approximate surface area is 195 Å². The van der Waals surface area contributed by atoms with E-state index in [9.17, 15) is 41.0 Å². The number of halogens is 7. The van der Waals surface area contributed by atoms with Crippen LogP contribution in [0, 0.1) is 0 Å². The van der Waals surface area contributed by atoms with Crippen molar-refractivity contribution in [3.05, 3.63) is 63.7 Å². The number of carboxylic acid groups (broad SMARTS) is 1. The maximum Gasteiger partial charge on any atom is 0.416 e. The quantitative estimate of drug-likeness (QED) is 0.467. The maximum absolute atomic E-state index is 13.3. The third-order valence-electron chi connectivity index (χ3n) is 5.51. The van der Waals surface area contributed by atoms with Crippen molar-refractivity contribution >= 4 is 29.3 Å². The molecule has 0 spiro atoms. The molecule has 0 saturated carbocycles. The molecule has 3 rings (SSSR count). The standard InChI is InChI=1S/C22H19ClF6N2O3/c1-12(32)31(11-13-7-14(21(24,25)26)9-15(8-13)22(27,28)29)18-3-2-6-30(20(33)34)19-10-16(23)4-5-17(18)19/h4-5,7-10,18H,2-3,6,11H2,1H3,(H,33,34). The van der Waals surface area contributed by atoms with Crippen LogP contribution in [0.3, 0.4) is 0 Å². The van der Waals surface area contributed by atoms with Crippen LogP contribution in [0.4, 0.5) is 36.8 Å². The van der Waals surface area contributed by atoms with Gasteiger partial charge in [-0.1, -0.05) is 17.7 Å². The number of nitrogens with zero attached hydrogens (tertiary/aromatic N) is 2. The topological polar surface area (TPSA) is 60.9 Å². The highest BCUT2D eigenvalue weighted by Gasteiger charge is 2.38. The summed E-state index contributed by atoms with van der Waals surface area (Å²) in [6, 6.07) is 4.76. The predicted molar refractivity (Wildman–Crippen MR) is 111 cm³/mol. The summed E-state index contributed by atoms with van der Waals surface area (Å²) < 4.78 is 79.6. The van der Waals surface area contributed by atoms with Crippen molar-refractivity contribution in [2.24, 2.45) is 0 Å². The van der Waals surface area contributed by atoms with Crippen LogP contribution in [0.25, 0.3) is 0 Å². The first-order chi connectivity index (χ1) is 15.7. The van der Waals surface area contributed by atoms with Gasteiger partial charge in [0, 0.05) is 25.0 Å². The van der Waals surface area contributed by atoms with Crippen LogP contribution in [0.2, 0.25) is 5.02 Å². The summed E-state index contributed by atoms with van der Waals surface area (Å²) in [6.45, 7) is 0.683. The number of hydrogen-bond donors (Lipinski definition) is 1. The molecule has 0 aliphatic carbocycles. The second kappa shape index (κ2) is 9.36. The Kier molecular flexibility index (Phi) is 7.07. The molecule has 184 valence electrons. The van der Waals surface area contributed by atoms with E-state index in [-0.39, 0.29) is 35.3 Å². The van der Waals surface area contributed by atoms with Crippen LogP contribution in [0.15, 0.2) is 36.4 Å². The number of hydrogen-bond acceptors (Lipinski definition) is 2. The highest BCUT2D eigenvalue weighted by Crippen LogP contribution is 2.40. The zero-order valence-corrected chi connectivity index (χ0v) is 18.4. The highest BCUT2D eigenvalue weighted by molar-refractivity contribution is 6.31. The molecule has 0 radical (unpaired) electrons. The fourth-order valence-electron chi connectivity index (χ4n) is 4.02. The zero-order chi connectivity index (χ0) is 25.4. The van der Waals surface area contributed by atoms with Crippen molar-refractivity contribution in [3.8, 4) is 0 Å². The van der Waals surface area contributed by atoms with E-state index >= 15 is 0 Å². The SMILES string of the molecule is CC(=O)N(Cc1cc(C(F)(F)F)cc(C(F)(F)F)c1)C1CCCN(C(=O)O)c2cc(Cl)ccc21. The Morgan fingerprint density at radius 1 is 1.06 bits per heavy atom. The molecule has 2 aromatic carbocycles. The van der Waals surface area contributed by atoms with E-state index in [4.69, 9.17) is 11.6 Å². The molecule has 1 aliphatic heterocycles. The Bertz CT molecular complexity index is 1070. The third kappa shape index (κ3) is 5.57. The highest BCUT2D eigenvalue weighted by atomic mass is 35.5. The zero-order valence-electron chi connectivity index (χ0n) is 17.7.